The number of ether oxygens (including phenoxy) is 5. The van der Waals surface area contributed by atoms with Crippen LogP contribution in [0, 0.1) is 0 Å². The van der Waals surface area contributed by atoms with Crippen LogP contribution in [0.1, 0.15) is 40.5 Å². The molecular formula is C20H26O8. The predicted octanol–water partition coefficient (Wildman–Crippen LogP) is 2.13. The lowest BCUT2D eigenvalue weighted by molar-refractivity contribution is -0.195. The number of hydrogen-bond acceptors (Lipinski definition) is 8. The highest BCUT2D eigenvalue weighted by molar-refractivity contribution is 5.69. The zero-order chi connectivity index (χ0) is 21.4. The third-order valence-electron chi connectivity index (χ3n) is 3.94. The van der Waals surface area contributed by atoms with E-state index in [2.05, 4.69) is 0 Å². The van der Waals surface area contributed by atoms with Crippen molar-refractivity contribution in [3.8, 4) is 0 Å². The van der Waals surface area contributed by atoms with Gasteiger partial charge in [0.05, 0.1) is 19.3 Å². The molecule has 1 fully saturated rings. The minimum absolute atomic E-state index is 0.0756. The van der Waals surface area contributed by atoms with Gasteiger partial charge in [-0.05, 0) is 18.9 Å². The van der Waals surface area contributed by atoms with Crippen LogP contribution in [-0.4, -0.2) is 49.1 Å². The summed E-state index contributed by atoms with van der Waals surface area (Å²) in [6.07, 6.45) is -5.19. The van der Waals surface area contributed by atoms with Crippen LogP contribution in [0.3, 0.4) is 0 Å². The molecule has 1 aromatic rings. The summed E-state index contributed by atoms with van der Waals surface area (Å²) in [7, 11) is 0. The molecule has 0 amide bonds. The van der Waals surface area contributed by atoms with Crippen molar-refractivity contribution in [1.82, 2.24) is 0 Å². The van der Waals surface area contributed by atoms with Crippen molar-refractivity contribution in [3.63, 3.8) is 0 Å². The summed E-state index contributed by atoms with van der Waals surface area (Å²) in [6, 6.07) is 9.30. The van der Waals surface area contributed by atoms with E-state index in [0.717, 1.165) is 5.56 Å². The Bertz CT molecular complexity index is 695. The average Bonchev–Trinajstić information content (AvgIpc) is 2.95. The Labute approximate surface area is 165 Å². The van der Waals surface area contributed by atoms with Crippen LogP contribution >= 0.6 is 0 Å². The highest BCUT2D eigenvalue weighted by atomic mass is 16.7. The third-order valence-corrected chi connectivity index (χ3v) is 3.94. The number of carbonyl (C=O) groups excluding carboxylic acids is 3. The van der Waals surface area contributed by atoms with E-state index in [1.807, 2.05) is 30.3 Å². The minimum atomic E-state index is -1.23. The Balaban J connectivity index is 2.19. The fraction of sp³-hybridized carbons (Fsp3) is 0.550. The molecule has 5 atom stereocenters. The van der Waals surface area contributed by atoms with Gasteiger partial charge in [0.1, 0.15) is 6.10 Å². The maximum atomic E-state index is 11.9. The van der Waals surface area contributed by atoms with Crippen LogP contribution in [0.25, 0.3) is 0 Å². The fourth-order valence-corrected chi connectivity index (χ4v) is 2.84. The van der Waals surface area contributed by atoms with E-state index < -0.39 is 48.9 Å². The van der Waals surface area contributed by atoms with Crippen LogP contribution < -0.4 is 0 Å². The van der Waals surface area contributed by atoms with Crippen LogP contribution in [0.5, 0.6) is 0 Å². The lowest BCUT2D eigenvalue weighted by atomic mass is 10.1. The SMILES string of the molecule is [2H]C(C[C@H]1OC(OC(C)=O)[C@H](OC(C)=O)[C@@H]1OCc1ccccc1)C(=O)OCC. The highest BCUT2D eigenvalue weighted by Gasteiger charge is 2.49. The van der Waals surface area contributed by atoms with E-state index in [1.165, 1.54) is 13.8 Å². The summed E-state index contributed by atoms with van der Waals surface area (Å²) >= 11 is 0. The van der Waals surface area contributed by atoms with Gasteiger partial charge in [-0.2, -0.15) is 0 Å². The monoisotopic (exact) mass is 395 g/mol. The Morgan fingerprint density at radius 1 is 1.07 bits per heavy atom. The molecule has 2 rings (SSSR count). The Morgan fingerprint density at radius 3 is 2.36 bits per heavy atom. The second-order valence-corrected chi connectivity index (χ2v) is 6.18. The van der Waals surface area contributed by atoms with Gasteiger partial charge in [0.2, 0.25) is 6.29 Å². The molecule has 28 heavy (non-hydrogen) atoms. The zero-order valence-corrected chi connectivity index (χ0v) is 16.2. The van der Waals surface area contributed by atoms with Crippen LogP contribution in [0.4, 0.5) is 0 Å². The number of carbonyl (C=O) groups is 3. The molecule has 1 aliphatic heterocycles. The third kappa shape index (κ3) is 6.61. The summed E-state index contributed by atoms with van der Waals surface area (Å²) in [5.74, 6) is -1.92. The molecule has 0 N–H and O–H groups in total. The first-order valence-electron chi connectivity index (χ1n) is 9.63. The summed E-state index contributed by atoms with van der Waals surface area (Å²) in [5.41, 5.74) is 0.872. The van der Waals surface area contributed by atoms with Gasteiger partial charge in [0.15, 0.2) is 6.10 Å². The molecule has 1 saturated heterocycles. The van der Waals surface area contributed by atoms with Crippen molar-refractivity contribution < 1.29 is 39.4 Å². The normalized spacial score (nSPS) is 25.5. The molecule has 2 unspecified atom stereocenters. The van der Waals surface area contributed by atoms with E-state index in [0.29, 0.717) is 0 Å². The summed E-state index contributed by atoms with van der Waals surface area (Å²) < 4.78 is 35.0. The Hall–Kier alpha value is -2.45. The van der Waals surface area contributed by atoms with Crippen molar-refractivity contribution in [2.45, 2.75) is 64.8 Å². The van der Waals surface area contributed by atoms with Crippen molar-refractivity contribution in [1.29, 1.82) is 0 Å². The molecule has 8 heteroatoms. The van der Waals surface area contributed by atoms with Crippen LogP contribution in [0.15, 0.2) is 30.3 Å². The first-order chi connectivity index (χ1) is 13.8. The molecule has 8 nitrogen and oxygen atoms in total. The molecule has 1 heterocycles. The van der Waals surface area contributed by atoms with Crippen molar-refractivity contribution in [3.05, 3.63) is 35.9 Å². The topological polar surface area (TPSA) is 97.4 Å². The molecule has 1 aromatic carbocycles. The minimum Gasteiger partial charge on any atom is -0.466 e. The molecule has 1 aliphatic rings. The van der Waals surface area contributed by atoms with Crippen LogP contribution in [-0.2, 0) is 44.7 Å². The van der Waals surface area contributed by atoms with Gasteiger partial charge in [-0.3, -0.25) is 14.4 Å². The largest absolute Gasteiger partial charge is 0.466 e. The maximum Gasteiger partial charge on any atom is 0.305 e. The molecule has 0 spiro atoms. The van der Waals surface area contributed by atoms with Gasteiger partial charge in [0.25, 0.3) is 0 Å². The molecular weight excluding hydrogens is 368 g/mol. The standard InChI is InChI=1S/C20H26O8/c1-4-24-17(23)11-10-16-18(25-12-15-8-6-5-7-9-15)19(26-13(2)21)20(28-16)27-14(3)22/h5-9,16,18-20H,4,10-12H2,1-3H3/t16-,18-,19-,20?/m1/s1/i11D/t11?,16-,18-,19-,20?. The average molecular weight is 395 g/mol. The van der Waals surface area contributed by atoms with E-state index in [-0.39, 0.29) is 19.6 Å². The number of rotatable bonds is 9. The van der Waals surface area contributed by atoms with E-state index >= 15 is 0 Å². The van der Waals surface area contributed by atoms with Gasteiger partial charge in [-0.1, -0.05) is 30.3 Å². The molecule has 0 aliphatic carbocycles. The van der Waals surface area contributed by atoms with Gasteiger partial charge in [-0.15, -0.1) is 0 Å². The van der Waals surface area contributed by atoms with Gasteiger partial charge in [0, 0.05) is 21.6 Å². The smallest absolute Gasteiger partial charge is 0.305 e. The molecule has 0 saturated carbocycles. The van der Waals surface area contributed by atoms with E-state index in [4.69, 9.17) is 25.1 Å². The fourth-order valence-electron chi connectivity index (χ4n) is 2.84. The molecule has 154 valence electrons. The van der Waals surface area contributed by atoms with Gasteiger partial charge in [-0.25, -0.2) is 0 Å². The van der Waals surface area contributed by atoms with E-state index in [9.17, 15) is 14.4 Å². The van der Waals surface area contributed by atoms with Crippen LogP contribution in [0.2, 0.25) is 0 Å². The molecule has 0 aromatic heterocycles. The highest BCUT2D eigenvalue weighted by Crippen LogP contribution is 2.31. The zero-order valence-electron chi connectivity index (χ0n) is 17.2. The predicted molar refractivity (Wildman–Crippen MR) is 96.9 cm³/mol. The van der Waals surface area contributed by atoms with Gasteiger partial charge >= 0.3 is 17.9 Å². The summed E-state index contributed by atoms with van der Waals surface area (Å²) in [6.45, 7) is 4.40. The summed E-state index contributed by atoms with van der Waals surface area (Å²) in [5, 5.41) is 0. The first-order valence-corrected chi connectivity index (χ1v) is 9.06. The van der Waals surface area contributed by atoms with E-state index in [1.54, 1.807) is 6.92 Å². The number of hydrogen-bond donors (Lipinski definition) is 0. The lowest BCUT2D eigenvalue weighted by Crippen LogP contribution is -2.40. The lowest BCUT2D eigenvalue weighted by Gasteiger charge is -2.23. The second kappa shape index (κ2) is 10.8. The number of esters is 3. The van der Waals surface area contributed by atoms with Crippen molar-refractivity contribution >= 4 is 17.9 Å². The number of benzene rings is 1. The van der Waals surface area contributed by atoms with Gasteiger partial charge < -0.3 is 23.7 Å². The first kappa shape index (κ1) is 20.3. The van der Waals surface area contributed by atoms with Crippen molar-refractivity contribution in [2.75, 3.05) is 6.61 Å². The second-order valence-electron chi connectivity index (χ2n) is 6.18. The molecule has 0 bridgehead atoms. The Kier molecular flexibility index (Phi) is 7.81. The Morgan fingerprint density at radius 2 is 1.75 bits per heavy atom. The maximum absolute atomic E-state index is 11.9. The quantitative estimate of drug-likeness (QED) is 0.463. The summed E-state index contributed by atoms with van der Waals surface area (Å²) in [4.78, 5) is 34.9. The molecule has 0 radical (unpaired) electrons. The van der Waals surface area contributed by atoms with Crippen molar-refractivity contribution in [2.24, 2.45) is 0 Å².